The van der Waals surface area contributed by atoms with Crippen LogP contribution in [-0.4, -0.2) is 59.0 Å². The van der Waals surface area contributed by atoms with Gasteiger partial charge in [-0.2, -0.15) is 18.3 Å². The van der Waals surface area contributed by atoms with E-state index in [1.807, 2.05) is 27.1 Å². The SMILES string of the molecule is CCNc1cc(-c2c(-c3nncn3C)cnn2C)cc(-c2nc3cc(CN4CCC5(CC5)C4)cc(C(F)(F)F)c3o2)n1. The second-order valence-corrected chi connectivity index (χ2v) is 11.4. The molecule has 0 radical (unpaired) electrons. The number of pyridine rings is 1. The van der Waals surface area contributed by atoms with Crippen molar-refractivity contribution in [1.82, 2.24) is 39.4 Å². The van der Waals surface area contributed by atoms with Gasteiger partial charge in [0.05, 0.1) is 17.5 Å². The highest BCUT2D eigenvalue weighted by atomic mass is 19.4. The van der Waals surface area contributed by atoms with Gasteiger partial charge in [-0.15, -0.1) is 10.2 Å². The third-order valence-electron chi connectivity index (χ3n) is 8.30. The van der Waals surface area contributed by atoms with E-state index in [1.54, 1.807) is 33.9 Å². The minimum Gasteiger partial charge on any atom is -0.434 e. The van der Waals surface area contributed by atoms with Crippen LogP contribution in [0.5, 0.6) is 0 Å². The van der Waals surface area contributed by atoms with Crippen molar-refractivity contribution in [2.75, 3.05) is 25.0 Å². The number of likely N-dealkylation sites (tertiary alicyclic amines) is 1. The lowest BCUT2D eigenvalue weighted by Gasteiger charge is -2.17. The Morgan fingerprint density at radius 3 is 2.60 bits per heavy atom. The smallest absolute Gasteiger partial charge is 0.420 e. The number of halogens is 3. The van der Waals surface area contributed by atoms with Crippen LogP contribution in [0.1, 0.15) is 37.3 Å². The number of oxazole rings is 1. The summed E-state index contributed by atoms with van der Waals surface area (Å²) < 4.78 is 52.2. The lowest BCUT2D eigenvalue weighted by Crippen LogP contribution is -2.20. The van der Waals surface area contributed by atoms with E-state index >= 15 is 0 Å². The topological polar surface area (TPSA) is 103 Å². The molecule has 1 spiro atoms. The largest absolute Gasteiger partial charge is 0.434 e. The molecule has 4 aromatic heterocycles. The number of alkyl halides is 3. The van der Waals surface area contributed by atoms with Crippen molar-refractivity contribution in [2.24, 2.45) is 19.5 Å². The van der Waals surface area contributed by atoms with Crippen LogP contribution < -0.4 is 5.32 Å². The fourth-order valence-electron chi connectivity index (χ4n) is 6.03. The van der Waals surface area contributed by atoms with Gasteiger partial charge in [0.2, 0.25) is 5.89 Å². The van der Waals surface area contributed by atoms with Gasteiger partial charge in [0, 0.05) is 39.3 Å². The van der Waals surface area contributed by atoms with Gasteiger partial charge in [-0.25, -0.2) is 9.97 Å². The molecule has 1 aliphatic carbocycles. The fourth-order valence-corrected chi connectivity index (χ4v) is 6.03. The van der Waals surface area contributed by atoms with Crippen molar-refractivity contribution >= 4 is 16.9 Å². The summed E-state index contributed by atoms with van der Waals surface area (Å²) in [6.45, 7) is 4.81. The van der Waals surface area contributed by atoms with Gasteiger partial charge in [-0.3, -0.25) is 9.58 Å². The molecule has 7 rings (SSSR count). The summed E-state index contributed by atoms with van der Waals surface area (Å²) in [6, 6.07) is 6.51. The monoisotopic (exact) mass is 577 g/mol. The van der Waals surface area contributed by atoms with Crippen LogP contribution in [0.15, 0.2) is 41.2 Å². The molecule has 1 aromatic carbocycles. The Morgan fingerprint density at radius 1 is 1.07 bits per heavy atom. The molecule has 2 fully saturated rings. The highest BCUT2D eigenvalue weighted by molar-refractivity contribution is 5.83. The first-order valence-electron chi connectivity index (χ1n) is 14.0. The minimum atomic E-state index is -4.60. The van der Waals surface area contributed by atoms with Crippen LogP contribution in [0.3, 0.4) is 0 Å². The Morgan fingerprint density at radius 2 is 1.90 bits per heavy atom. The van der Waals surface area contributed by atoms with Crippen molar-refractivity contribution in [3.05, 3.63) is 47.9 Å². The first kappa shape index (κ1) is 26.6. The standard InChI is InChI=1S/C29H30F3N9O/c1-4-33-23-12-18(24-19(13-35-40(24)3)26-38-34-16-39(26)2)11-22(36-23)27-37-21-10-17(9-20(25(21)42-27)29(30,31)32)14-41-8-7-28(15-41)5-6-28/h9-13,16H,4-8,14-15H2,1-3H3,(H,33,36). The van der Waals surface area contributed by atoms with Crippen LogP contribution in [0.4, 0.5) is 19.0 Å². The summed E-state index contributed by atoms with van der Waals surface area (Å²) >= 11 is 0. The molecular weight excluding hydrogens is 547 g/mol. The van der Waals surface area contributed by atoms with Gasteiger partial charge in [0.25, 0.3) is 0 Å². The second kappa shape index (κ2) is 9.65. The van der Waals surface area contributed by atoms with E-state index in [9.17, 15) is 13.2 Å². The van der Waals surface area contributed by atoms with E-state index in [2.05, 4.69) is 35.5 Å². The van der Waals surface area contributed by atoms with Gasteiger partial charge < -0.3 is 14.3 Å². The van der Waals surface area contributed by atoms with E-state index < -0.39 is 11.7 Å². The minimum absolute atomic E-state index is 0.00846. The van der Waals surface area contributed by atoms with Crippen LogP contribution in [-0.2, 0) is 26.8 Å². The molecule has 218 valence electrons. The summed E-state index contributed by atoms with van der Waals surface area (Å²) in [5, 5.41) is 15.9. The van der Waals surface area contributed by atoms with Crippen LogP contribution in [0.25, 0.3) is 45.3 Å². The molecule has 13 heteroatoms. The van der Waals surface area contributed by atoms with Gasteiger partial charge in [-0.05, 0) is 68.0 Å². The van der Waals surface area contributed by atoms with E-state index in [0.29, 0.717) is 41.4 Å². The summed E-state index contributed by atoms with van der Waals surface area (Å²) in [5.74, 6) is 1.16. The lowest BCUT2D eigenvalue weighted by molar-refractivity contribution is -0.136. The van der Waals surface area contributed by atoms with Crippen LogP contribution in [0.2, 0.25) is 0 Å². The number of hydrogen-bond donors (Lipinski definition) is 1. The number of rotatable bonds is 7. The summed E-state index contributed by atoms with van der Waals surface area (Å²) in [6.07, 6.45) is 2.24. The van der Waals surface area contributed by atoms with Crippen molar-refractivity contribution < 1.29 is 17.6 Å². The van der Waals surface area contributed by atoms with Gasteiger partial charge >= 0.3 is 6.18 Å². The lowest BCUT2D eigenvalue weighted by atomic mass is 10.1. The molecule has 1 aliphatic heterocycles. The quantitative estimate of drug-likeness (QED) is 0.270. The first-order chi connectivity index (χ1) is 20.1. The number of aromatic nitrogens is 7. The molecule has 1 N–H and O–H groups in total. The molecule has 0 bridgehead atoms. The predicted molar refractivity (Wildman–Crippen MR) is 150 cm³/mol. The summed E-state index contributed by atoms with van der Waals surface area (Å²) in [7, 11) is 3.65. The fraction of sp³-hybridized carbons (Fsp3) is 0.414. The Kier molecular flexibility index (Phi) is 6.12. The van der Waals surface area contributed by atoms with E-state index in [-0.39, 0.29) is 17.0 Å². The molecule has 5 heterocycles. The number of hydrogen-bond acceptors (Lipinski definition) is 8. The third-order valence-corrected chi connectivity index (χ3v) is 8.30. The number of aryl methyl sites for hydroxylation is 2. The average molecular weight is 578 g/mol. The number of benzene rings is 1. The van der Waals surface area contributed by atoms with Gasteiger partial charge in [0.15, 0.2) is 11.4 Å². The maximum atomic E-state index is 14.3. The molecule has 0 amide bonds. The Balaban J connectivity index is 1.32. The van der Waals surface area contributed by atoms with Crippen LogP contribution in [0, 0.1) is 5.41 Å². The Bertz CT molecular complexity index is 1800. The molecule has 42 heavy (non-hydrogen) atoms. The second-order valence-electron chi connectivity index (χ2n) is 11.4. The highest BCUT2D eigenvalue weighted by Crippen LogP contribution is 2.53. The number of anilines is 1. The maximum Gasteiger partial charge on any atom is 0.420 e. The summed E-state index contributed by atoms with van der Waals surface area (Å²) in [4.78, 5) is 11.4. The number of fused-ring (bicyclic) bond motifs is 1. The van der Waals surface area contributed by atoms with Crippen molar-refractivity contribution in [3.8, 4) is 34.2 Å². The average Bonchev–Trinajstić information content (AvgIpc) is 3.33. The van der Waals surface area contributed by atoms with E-state index in [0.717, 1.165) is 36.3 Å². The highest BCUT2D eigenvalue weighted by Gasteiger charge is 2.47. The zero-order valence-corrected chi connectivity index (χ0v) is 23.5. The zero-order valence-electron chi connectivity index (χ0n) is 23.5. The molecular formula is C29H30F3N9O. The van der Waals surface area contributed by atoms with Crippen molar-refractivity contribution in [3.63, 3.8) is 0 Å². The zero-order chi connectivity index (χ0) is 29.2. The predicted octanol–water partition coefficient (Wildman–Crippen LogP) is 5.52. The van der Waals surface area contributed by atoms with E-state index in [4.69, 9.17) is 4.42 Å². The number of nitrogens with one attached hydrogen (secondary N) is 1. The molecule has 1 saturated carbocycles. The van der Waals surface area contributed by atoms with E-state index in [1.165, 1.54) is 18.9 Å². The molecule has 0 atom stereocenters. The van der Waals surface area contributed by atoms with Crippen molar-refractivity contribution in [1.29, 1.82) is 0 Å². The molecule has 5 aromatic rings. The van der Waals surface area contributed by atoms with Crippen molar-refractivity contribution in [2.45, 2.75) is 38.9 Å². The van der Waals surface area contributed by atoms with Gasteiger partial charge in [-0.1, -0.05) is 0 Å². The Labute approximate surface area is 239 Å². The third kappa shape index (κ3) is 4.71. The molecule has 1 saturated heterocycles. The Hall–Kier alpha value is -4.26. The molecule has 2 aliphatic rings. The maximum absolute atomic E-state index is 14.3. The summed E-state index contributed by atoms with van der Waals surface area (Å²) in [5.41, 5.74) is 2.51. The van der Waals surface area contributed by atoms with Gasteiger partial charge in [0.1, 0.15) is 28.9 Å². The number of nitrogens with zero attached hydrogens (tertiary/aromatic N) is 8. The molecule has 10 nitrogen and oxygen atoms in total. The van der Waals surface area contributed by atoms with Crippen LogP contribution >= 0.6 is 0 Å². The molecule has 0 unspecified atom stereocenters. The normalized spacial score (nSPS) is 16.6. The first-order valence-corrected chi connectivity index (χ1v) is 14.0.